The first-order valence-corrected chi connectivity index (χ1v) is 10.1. The zero-order valence-electron chi connectivity index (χ0n) is 15.0. The number of nitrogens with one attached hydrogen (secondary N) is 1. The van der Waals surface area contributed by atoms with Crippen molar-refractivity contribution in [1.29, 1.82) is 0 Å². The number of nitrogens with zero attached hydrogens (tertiary/aromatic N) is 1. The van der Waals surface area contributed by atoms with Crippen molar-refractivity contribution in [2.24, 2.45) is 0 Å². The van der Waals surface area contributed by atoms with Gasteiger partial charge in [-0.25, -0.2) is 0 Å². The van der Waals surface area contributed by atoms with Gasteiger partial charge >= 0.3 is 0 Å². The summed E-state index contributed by atoms with van der Waals surface area (Å²) in [5.74, 6) is 0.602. The third kappa shape index (κ3) is 4.65. The lowest BCUT2D eigenvalue weighted by molar-refractivity contribution is 0.0785. The number of carbonyl (C=O) groups is 1. The van der Waals surface area contributed by atoms with Crippen molar-refractivity contribution in [1.82, 2.24) is 10.2 Å². The molecular weight excluding hydrogens is 328 g/mol. The van der Waals surface area contributed by atoms with E-state index in [0.29, 0.717) is 12.5 Å². The van der Waals surface area contributed by atoms with Crippen LogP contribution < -0.4 is 5.32 Å². The molecule has 132 valence electrons. The monoisotopic (exact) mass is 354 g/mol. The maximum atomic E-state index is 12.8. The summed E-state index contributed by atoms with van der Waals surface area (Å²) in [4.78, 5) is 15.9. The lowest BCUT2D eigenvalue weighted by atomic mass is 9.90. The molecule has 1 atom stereocenters. The van der Waals surface area contributed by atoms with E-state index in [1.165, 1.54) is 23.3 Å². The second-order valence-corrected chi connectivity index (χ2v) is 7.56. The second kappa shape index (κ2) is 8.54. The van der Waals surface area contributed by atoms with Gasteiger partial charge < -0.3 is 10.2 Å². The Hall–Kier alpha value is -1.78. The molecule has 1 saturated heterocycles. The SMILES string of the molecule is CSc1cccc(CN(C)C(=O)c2cccc([C@@H]3CCCNC3)c2)c1. The Bertz CT molecular complexity index is 725. The molecule has 0 saturated carbocycles. The van der Waals surface area contributed by atoms with Gasteiger partial charge in [-0.3, -0.25) is 4.79 Å². The lowest BCUT2D eigenvalue weighted by Crippen LogP contribution is -2.29. The van der Waals surface area contributed by atoms with Crippen LogP contribution in [-0.2, 0) is 6.54 Å². The van der Waals surface area contributed by atoms with Crippen LogP contribution in [0.5, 0.6) is 0 Å². The molecule has 1 aliphatic heterocycles. The maximum Gasteiger partial charge on any atom is 0.253 e. The fourth-order valence-corrected chi connectivity index (χ4v) is 3.88. The Morgan fingerprint density at radius 3 is 2.84 bits per heavy atom. The molecule has 25 heavy (non-hydrogen) atoms. The quantitative estimate of drug-likeness (QED) is 0.819. The van der Waals surface area contributed by atoms with Crippen molar-refractivity contribution < 1.29 is 4.79 Å². The van der Waals surface area contributed by atoms with Crippen LogP contribution in [0.4, 0.5) is 0 Å². The van der Waals surface area contributed by atoms with Crippen LogP contribution in [0.2, 0.25) is 0 Å². The van der Waals surface area contributed by atoms with Gasteiger partial charge in [-0.2, -0.15) is 0 Å². The molecule has 0 bridgehead atoms. The molecule has 1 amide bonds. The molecule has 2 aromatic carbocycles. The average molecular weight is 355 g/mol. The van der Waals surface area contributed by atoms with E-state index in [1.807, 2.05) is 19.2 Å². The number of hydrogen-bond acceptors (Lipinski definition) is 3. The average Bonchev–Trinajstić information content (AvgIpc) is 2.68. The van der Waals surface area contributed by atoms with Crippen LogP contribution >= 0.6 is 11.8 Å². The number of amides is 1. The Labute approximate surface area is 154 Å². The van der Waals surface area contributed by atoms with E-state index in [2.05, 4.69) is 48.0 Å². The number of benzene rings is 2. The number of piperidine rings is 1. The molecule has 1 fully saturated rings. The number of rotatable bonds is 5. The summed E-state index contributed by atoms with van der Waals surface area (Å²) in [6, 6.07) is 16.5. The summed E-state index contributed by atoms with van der Waals surface area (Å²) in [5.41, 5.74) is 3.22. The van der Waals surface area contributed by atoms with Gasteiger partial charge in [0.15, 0.2) is 0 Å². The summed E-state index contributed by atoms with van der Waals surface area (Å²) < 4.78 is 0. The minimum absolute atomic E-state index is 0.0835. The number of thioether (sulfide) groups is 1. The topological polar surface area (TPSA) is 32.3 Å². The maximum absolute atomic E-state index is 12.8. The molecule has 0 aromatic heterocycles. The Morgan fingerprint density at radius 1 is 1.24 bits per heavy atom. The van der Waals surface area contributed by atoms with E-state index in [0.717, 1.165) is 24.2 Å². The van der Waals surface area contributed by atoms with Gasteiger partial charge in [0.1, 0.15) is 0 Å². The molecule has 1 aliphatic rings. The van der Waals surface area contributed by atoms with Crippen molar-refractivity contribution in [2.45, 2.75) is 30.2 Å². The van der Waals surface area contributed by atoms with E-state index >= 15 is 0 Å². The molecule has 3 nitrogen and oxygen atoms in total. The summed E-state index contributed by atoms with van der Waals surface area (Å²) in [6.45, 7) is 2.74. The standard InChI is InChI=1S/C21H26N2OS/c1-23(15-16-6-3-10-20(12-16)25-2)21(24)18-8-4-7-17(13-18)19-9-5-11-22-14-19/h3-4,6-8,10,12-13,19,22H,5,9,11,14-15H2,1-2H3/t19-/m1/s1. The van der Waals surface area contributed by atoms with E-state index < -0.39 is 0 Å². The molecule has 0 aliphatic carbocycles. The normalized spacial score (nSPS) is 17.3. The Morgan fingerprint density at radius 2 is 2.08 bits per heavy atom. The molecule has 0 radical (unpaired) electrons. The molecular formula is C21H26N2OS. The minimum atomic E-state index is 0.0835. The lowest BCUT2D eigenvalue weighted by Gasteiger charge is -2.24. The zero-order valence-corrected chi connectivity index (χ0v) is 15.8. The highest BCUT2D eigenvalue weighted by molar-refractivity contribution is 7.98. The minimum Gasteiger partial charge on any atom is -0.337 e. The summed E-state index contributed by atoms with van der Waals surface area (Å²) >= 11 is 1.72. The highest BCUT2D eigenvalue weighted by atomic mass is 32.2. The predicted octanol–water partition coefficient (Wildman–Crippen LogP) is 4.15. The molecule has 0 unspecified atom stereocenters. The van der Waals surface area contributed by atoms with Gasteiger partial charge in [-0.05, 0) is 67.0 Å². The molecule has 1 heterocycles. The fraction of sp³-hybridized carbons (Fsp3) is 0.381. The van der Waals surface area contributed by atoms with Gasteiger partial charge in [0.25, 0.3) is 5.91 Å². The molecule has 4 heteroatoms. The second-order valence-electron chi connectivity index (χ2n) is 6.68. The summed E-state index contributed by atoms with van der Waals surface area (Å²) in [5, 5.41) is 3.45. The van der Waals surface area contributed by atoms with E-state index in [4.69, 9.17) is 0 Å². The highest BCUT2D eigenvalue weighted by Gasteiger charge is 2.18. The van der Waals surface area contributed by atoms with Crippen LogP contribution in [0.15, 0.2) is 53.4 Å². The molecule has 2 aromatic rings. The van der Waals surface area contributed by atoms with Crippen LogP contribution in [0.25, 0.3) is 0 Å². The van der Waals surface area contributed by atoms with Gasteiger partial charge in [-0.1, -0.05) is 24.3 Å². The van der Waals surface area contributed by atoms with Crippen LogP contribution in [0.3, 0.4) is 0 Å². The zero-order chi connectivity index (χ0) is 17.6. The van der Waals surface area contributed by atoms with Gasteiger partial charge in [-0.15, -0.1) is 11.8 Å². The molecule has 1 N–H and O–H groups in total. The van der Waals surface area contributed by atoms with Crippen LogP contribution in [0.1, 0.15) is 40.2 Å². The van der Waals surface area contributed by atoms with Crippen molar-refractivity contribution >= 4 is 17.7 Å². The fourth-order valence-electron chi connectivity index (χ4n) is 3.40. The third-order valence-corrected chi connectivity index (χ3v) is 5.53. The van der Waals surface area contributed by atoms with Crippen molar-refractivity contribution in [3.63, 3.8) is 0 Å². The third-order valence-electron chi connectivity index (χ3n) is 4.80. The van der Waals surface area contributed by atoms with E-state index in [-0.39, 0.29) is 5.91 Å². The summed E-state index contributed by atoms with van der Waals surface area (Å²) in [7, 11) is 1.88. The Kier molecular flexibility index (Phi) is 6.16. The smallest absolute Gasteiger partial charge is 0.253 e. The van der Waals surface area contributed by atoms with Crippen molar-refractivity contribution in [3.8, 4) is 0 Å². The Balaban J connectivity index is 1.71. The van der Waals surface area contributed by atoms with Crippen molar-refractivity contribution in [2.75, 3.05) is 26.4 Å². The van der Waals surface area contributed by atoms with E-state index in [9.17, 15) is 4.79 Å². The van der Waals surface area contributed by atoms with Crippen LogP contribution in [0, 0.1) is 0 Å². The predicted molar refractivity (Wildman–Crippen MR) is 105 cm³/mol. The first-order chi connectivity index (χ1) is 12.2. The van der Waals surface area contributed by atoms with E-state index in [1.54, 1.807) is 16.7 Å². The van der Waals surface area contributed by atoms with Gasteiger partial charge in [0, 0.05) is 30.6 Å². The van der Waals surface area contributed by atoms with Gasteiger partial charge in [0.05, 0.1) is 0 Å². The van der Waals surface area contributed by atoms with Crippen LogP contribution in [-0.4, -0.2) is 37.2 Å². The highest BCUT2D eigenvalue weighted by Crippen LogP contribution is 2.24. The first kappa shape index (κ1) is 18.0. The molecule has 3 rings (SSSR count). The molecule has 0 spiro atoms. The number of carbonyl (C=O) groups excluding carboxylic acids is 1. The van der Waals surface area contributed by atoms with Crippen molar-refractivity contribution in [3.05, 3.63) is 65.2 Å². The van der Waals surface area contributed by atoms with Gasteiger partial charge in [0.2, 0.25) is 0 Å². The summed E-state index contributed by atoms with van der Waals surface area (Å²) in [6.07, 6.45) is 4.47. The first-order valence-electron chi connectivity index (χ1n) is 8.86. The number of hydrogen-bond donors (Lipinski definition) is 1. The largest absolute Gasteiger partial charge is 0.337 e.